The van der Waals surface area contributed by atoms with E-state index >= 15 is 0 Å². The van der Waals surface area contributed by atoms with Gasteiger partial charge in [-0.1, -0.05) is 30.3 Å². The van der Waals surface area contributed by atoms with Crippen molar-refractivity contribution in [2.45, 2.75) is 26.0 Å². The van der Waals surface area contributed by atoms with Gasteiger partial charge in [0.2, 0.25) is 0 Å². The molecule has 4 nitrogen and oxygen atoms in total. The Bertz CT molecular complexity index is 858. The van der Waals surface area contributed by atoms with Gasteiger partial charge in [0.05, 0.1) is 0 Å². The van der Waals surface area contributed by atoms with Crippen LogP contribution in [0.3, 0.4) is 0 Å². The third-order valence-electron chi connectivity index (χ3n) is 4.74. The van der Waals surface area contributed by atoms with Crippen molar-refractivity contribution >= 4 is 10.9 Å². The van der Waals surface area contributed by atoms with Crippen molar-refractivity contribution in [2.75, 3.05) is 13.1 Å². The molecule has 0 spiro atoms. The molecule has 4 heteroatoms. The smallest absolute Gasteiger partial charge is 0.146 e. The van der Waals surface area contributed by atoms with Crippen molar-refractivity contribution < 1.29 is 9.84 Å². The van der Waals surface area contributed by atoms with E-state index in [1.165, 1.54) is 12.8 Å². The lowest BCUT2D eigenvalue weighted by Crippen LogP contribution is -2.18. The van der Waals surface area contributed by atoms with Crippen molar-refractivity contribution in [2.24, 2.45) is 0 Å². The fourth-order valence-corrected chi connectivity index (χ4v) is 3.41. The third kappa shape index (κ3) is 3.44. The molecule has 4 rings (SSSR count). The molecule has 0 atom stereocenters. The molecule has 0 amide bonds. The number of fused-ring (bicyclic) bond motifs is 1. The molecule has 1 saturated heterocycles. The summed E-state index contributed by atoms with van der Waals surface area (Å²) in [4.78, 5) is 6.75. The Hall–Kier alpha value is -2.59. The molecule has 0 aliphatic carbocycles. The molecule has 1 N–H and O–H groups in total. The lowest BCUT2D eigenvalue weighted by atomic mass is 10.1. The average molecular weight is 334 g/mol. The van der Waals surface area contributed by atoms with Crippen LogP contribution in [-0.2, 0) is 13.2 Å². The molecule has 2 aromatic carbocycles. The molecule has 2 heterocycles. The van der Waals surface area contributed by atoms with Gasteiger partial charge in [-0.3, -0.25) is 9.88 Å². The van der Waals surface area contributed by atoms with Crippen LogP contribution in [-0.4, -0.2) is 28.1 Å². The average Bonchev–Trinajstić information content (AvgIpc) is 3.17. The van der Waals surface area contributed by atoms with Gasteiger partial charge in [-0.05, 0) is 49.7 Å². The van der Waals surface area contributed by atoms with Crippen LogP contribution in [0.25, 0.3) is 10.9 Å². The number of nitrogens with zero attached hydrogens (tertiary/aromatic N) is 2. The third-order valence-corrected chi connectivity index (χ3v) is 4.74. The zero-order chi connectivity index (χ0) is 17.1. The molecule has 1 aliphatic heterocycles. The van der Waals surface area contributed by atoms with E-state index < -0.39 is 0 Å². The Kier molecular flexibility index (Phi) is 4.53. The SMILES string of the molecule is Oc1c(CN2CCCC2)cc(OCc2ccccc2)c2cccnc12. The maximum atomic E-state index is 10.7. The molecule has 0 unspecified atom stereocenters. The van der Waals surface area contributed by atoms with Crippen molar-refractivity contribution in [1.29, 1.82) is 0 Å². The van der Waals surface area contributed by atoms with E-state index in [4.69, 9.17) is 4.74 Å². The van der Waals surface area contributed by atoms with E-state index in [0.29, 0.717) is 12.1 Å². The number of aromatic hydroxyl groups is 1. The molecule has 0 saturated carbocycles. The second-order valence-corrected chi connectivity index (χ2v) is 6.54. The molecule has 3 aromatic rings. The summed E-state index contributed by atoms with van der Waals surface area (Å²) in [7, 11) is 0. The van der Waals surface area contributed by atoms with Gasteiger partial charge in [-0.2, -0.15) is 0 Å². The van der Waals surface area contributed by atoms with Crippen molar-refractivity contribution in [1.82, 2.24) is 9.88 Å². The van der Waals surface area contributed by atoms with E-state index in [0.717, 1.165) is 41.9 Å². The maximum Gasteiger partial charge on any atom is 0.146 e. The quantitative estimate of drug-likeness (QED) is 0.762. The minimum atomic E-state index is 0.273. The van der Waals surface area contributed by atoms with E-state index in [1.807, 2.05) is 48.5 Å². The van der Waals surface area contributed by atoms with Crippen molar-refractivity contribution in [3.05, 3.63) is 65.9 Å². The first-order chi connectivity index (χ1) is 12.3. The lowest BCUT2D eigenvalue weighted by molar-refractivity contribution is 0.304. The molecule has 0 bridgehead atoms. The maximum absolute atomic E-state index is 10.7. The second-order valence-electron chi connectivity index (χ2n) is 6.54. The van der Waals surface area contributed by atoms with Crippen LogP contribution in [0.15, 0.2) is 54.7 Å². The van der Waals surface area contributed by atoms with Crippen molar-refractivity contribution in [3.8, 4) is 11.5 Å². The zero-order valence-corrected chi connectivity index (χ0v) is 14.2. The molecule has 128 valence electrons. The highest BCUT2D eigenvalue weighted by atomic mass is 16.5. The molecule has 25 heavy (non-hydrogen) atoms. The summed E-state index contributed by atoms with van der Waals surface area (Å²) < 4.78 is 6.10. The summed E-state index contributed by atoms with van der Waals surface area (Å²) in [5, 5.41) is 11.5. The van der Waals surface area contributed by atoms with Crippen LogP contribution in [0.5, 0.6) is 11.5 Å². The fourth-order valence-electron chi connectivity index (χ4n) is 3.41. The predicted octanol–water partition coefficient (Wildman–Crippen LogP) is 4.12. The highest BCUT2D eigenvalue weighted by molar-refractivity contribution is 5.91. The minimum Gasteiger partial charge on any atom is -0.505 e. The number of likely N-dealkylation sites (tertiary alicyclic amines) is 1. The van der Waals surface area contributed by atoms with Crippen LogP contribution < -0.4 is 4.74 Å². The number of hydrogen-bond acceptors (Lipinski definition) is 4. The number of aromatic nitrogens is 1. The molecule has 1 fully saturated rings. The first-order valence-corrected chi connectivity index (χ1v) is 8.80. The lowest BCUT2D eigenvalue weighted by Gasteiger charge is -2.18. The van der Waals surface area contributed by atoms with Crippen LogP contribution in [0.4, 0.5) is 0 Å². The van der Waals surface area contributed by atoms with Gasteiger partial charge in [-0.25, -0.2) is 0 Å². The first-order valence-electron chi connectivity index (χ1n) is 8.80. The summed E-state index contributed by atoms with van der Waals surface area (Å²) in [6, 6.07) is 15.9. The fraction of sp³-hybridized carbons (Fsp3) is 0.286. The van der Waals surface area contributed by atoms with E-state index in [-0.39, 0.29) is 5.75 Å². The Morgan fingerprint density at radius 1 is 1.04 bits per heavy atom. The Morgan fingerprint density at radius 2 is 1.84 bits per heavy atom. The van der Waals surface area contributed by atoms with Gasteiger partial charge in [0.15, 0.2) is 0 Å². The summed E-state index contributed by atoms with van der Waals surface area (Å²) in [5.41, 5.74) is 2.62. The van der Waals surface area contributed by atoms with Crippen LogP contribution >= 0.6 is 0 Å². The second kappa shape index (κ2) is 7.11. The minimum absolute atomic E-state index is 0.273. The van der Waals surface area contributed by atoms with Crippen molar-refractivity contribution in [3.63, 3.8) is 0 Å². The summed E-state index contributed by atoms with van der Waals surface area (Å²) in [6.07, 6.45) is 4.16. The number of rotatable bonds is 5. The molecular weight excluding hydrogens is 312 g/mol. The van der Waals surface area contributed by atoms with E-state index in [2.05, 4.69) is 9.88 Å². The number of hydrogen-bond donors (Lipinski definition) is 1. The molecule has 0 radical (unpaired) electrons. The van der Waals surface area contributed by atoms with Gasteiger partial charge < -0.3 is 9.84 Å². The normalized spacial score (nSPS) is 14.9. The van der Waals surface area contributed by atoms with E-state index in [1.54, 1.807) is 6.20 Å². The summed E-state index contributed by atoms with van der Waals surface area (Å²) in [6.45, 7) is 3.40. The topological polar surface area (TPSA) is 45.6 Å². The number of benzene rings is 2. The number of pyridine rings is 1. The largest absolute Gasteiger partial charge is 0.505 e. The van der Waals surface area contributed by atoms with Gasteiger partial charge in [-0.15, -0.1) is 0 Å². The van der Waals surface area contributed by atoms with Gasteiger partial charge in [0, 0.05) is 23.7 Å². The summed E-state index contributed by atoms with van der Waals surface area (Å²) >= 11 is 0. The zero-order valence-electron chi connectivity index (χ0n) is 14.2. The van der Waals surface area contributed by atoms with Gasteiger partial charge >= 0.3 is 0 Å². The van der Waals surface area contributed by atoms with E-state index in [9.17, 15) is 5.11 Å². The molecule has 1 aromatic heterocycles. The van der Waals surface area contributed by atoms with Crippen LogP contribution in [0.1, 0.15) is 24.0 Å². The summed E-state index contributed by atoms with van der Waals surface area (Å²) in [5.74, 6) is 1.05. The predicted molar refractivity (Wildman–Crippen MR) is 98.7 cm³/mol. The number of phenols is 1. The Balaban J connectivity index is 1.67. The van der Waals surface area contributed by atoms with Crippen LogP contribution in [0.2, 0.25) is 0 Å². The number of phenolic OH excluding ortho intramolecular Hbond substituents is 1. The molecular formula is C21H22N2O2. The Labute approximate surface area is 147 Å². The monoisotopic (exact) mass is 334 g/mol. The van der Waals surface area contributed by atoms with Gasteiger partial charge in [0.25, 0.3) is 0 Å². The first kappa shape index (κ1) is 15.9. The number of ether oxygens (including phenoxy) is 1. The highest BCUT2D eigenvalue weighted by Gasteiger charge is 2.18. The van der Waals surface area contributed by atoms with Gasteiger partial charge in [0.1, 0.15) is 23.6 Å². The highest BCUT2D eigenvalue weighted by Crippen LogP contribution is 2.36. The van der Waals surface area contributed by atoms with Crippen LogP contribution in [0, 0.1) is 0 Å². The molecule has 1 aliphatic rings. The Morgan fingerprint density at radius 3 is 2.64 bits per heavy atom. The standard InChI is InChI=1S/C21H22N2O2/c24-21-17(14-23-11-4-5-12-23)13-19(18-9-6-10-22-20(18)21)25-15-16-7-2-1-3-8-16/h1-3,6-10,13,24H,4-5,11-12,14-15H2.